The van der Waals surface area contributed by atoms with Gasteiger partial charge in [0.25, 0.3) is 0 Å². The Balaban J connectivity index is 1.46. The van der Waals surface area contributed by atoms with Crippen LogP contribution in [0.4, 0.5) is 0 Å². The number of amides is 1. The van der Waals surface area contributed by atoms with Crippen molar-refractivity contribution in [1.29, 1.82) is 0 Å². The van der Waals surface area contributed by atoms with Gasteiger partial charge in [0, 0.05) is 6.42 Å². The van der Waals surface area contributed by atoms with Gasteiger partial charge in [0.2, 0.25) is 5.91 Å². The first kappa shape index (κ1) is 86.4. The number of aliphatic hydroxyl groups is 11. The molecule has 0 aromatic carbocycles. The van der Waals surface area contributed by atoms with Gasteiger partial charge >= 0.3 is 0 Å². The quantitative estimate of drug-likeness (QED) is 0.0199. The van der Waals surface area contributed by atoms with Gasteiger partial charge in [0.1, 0.15) is 73.2 Å². The van der Waals surface area contributed by atoms with Gasteiger partial charge in [-0.25, -0.2) is 0 Å². The minimum Gasteiger partial charge on any atom is -0.394 e. The van der Waals surface area contributed by atoms with Crippen LogP contribution in [0.5, 0.6) is 0 Å². The molecule has 3 heterocycles. The summed E-state index contributed by atoms with van der Waals surface area (Å²) in [4.78, 5) is 13.4. The van der Waals surface area contributed by atoms with Crippen LogP contribution < -0.4 is 5.32 Å². The average Bonchev–Trinajstić information content (AvgIpc) is 0.788. The Hall–Kier alpha value is -3.81. The zero-order valence-corrected chi connectivity index (χ0v) is 58.3. The largest absolute Gasteiger partial charge is 0.394 e. The van der Waals surface area contributed by atoms with Crippen LogP contribution in [0.25, 0.3) is 0 Å². The van der Waals surface area contributed by atoms with Crippen LogP contribution in [0.2, 0.25) is 0 Å². The Kier molecular flexibility index (Phi) is 51.2. The van der Waals surface area contributed by atoms with E-state index in [1.807, 2.05) is 12.2 Å². The summed E-state index contributed by atoms with van der Waals surface area (Å²) in [5, 5.41) is 121. The summed E-state index contributed by atoms with van der Waals surface area (Å²) in [7, 11) is 0. The number of ether oxygens (including phenoxy) is 6. The van der Waals surface area contributed by atoms with Gasteiger partial charge in [0.05, 0.1) is 38.6 Å². The van der Waals surface area contributed by atoms with E-state index in [0.29, 0.717) is 19.3 Å². The van der Waals surface area contributed by atoms with Crippen LogP contribution in [0, 0.1) is 0 Å². The lowest BCUT2D eigenvalue weighted by Gasteiger charge is -2.48. The van der Waals surface area contributed by atoms with Crippen LogP contribution in [0.15, 0.2) is 122 Å². The number of hydrogen-bond acceptors (Lipinski definition) is 18. The molecule has 0 aliphatic carbocycles. The third kappa shape index (κ3) is 37.6. The standard InChI is InChI=1S/C77H129NO18/c1-3-5-7-9-11-13-15-17-19-21-23-25-27-28-29-30-31-33-34-36-38-40-42-44-46-48-50-52-54-61(82)60(78-65(83)55-53-51-49-47-45-43-41-39-37-35-32-26-24-22-20-18-16-14-12-10-8-6-4-2)59-91-75-71(89)68(86)73(63(57-80)93-75)96-77-72(90)69(87)74(64(58-81)94-77)95-76-70(88)67(85)66(84)62(56-79)92-76/h6,8,12,14,18,20,24,26,35-38,41,43-44,46-47,49,52,54,60-64,66-77,79-82,84-90H,3-5,7,9-11,13,15-17,19,21-23,25,27-34,39-40,42,45,48,50-51,53,55-59H2,1-2H3,(H,78,83)/b8-6-,14-12-,20-18-,26-24-,37-35-,38-36+,43-41-,46-44+,49-47-,54-52+. The molecule has 12 N–H and O–H groups in total. The fourth-order valence-electron chi connectivity index (χ4n) is 11.6. The maximum atomic E-state index is 13.4. The third-order valence-electron chi connectivity index (χ3n) is 17.5. The Morgan fingerprint density at radius 2 is 0.729 bits per heavy atom. The molecule has 17 unspecified atom stereocenters. The number of unbranched alkanes of at least 4 members (excludes halogenated alkanes) is 21. The molecule has 550 valence electrons. The molecule has 3 aliphatic rings. The zero-order valence-electron chi connectivity index (χ0n) is 58.3. The molecular formula is C77H129NO18. The number of rotatable bonds is 55. The summed E-state index contributed by atoms with van der Waals surface area (Å²) >= 11 is 0. The highest BCUT2D eigenvalue weighted by Crippen LogP contribution is 2.33. The first-order valence-electron chi connectivity index (χ1n) is 36.8. The van der Waals surface area contributed by atoms with Gasteiger partial charge in [-0.15, -0.1) is 0 Å². The lowest BCUT2D eigenvalue weighted by Crippen LogP contribution is -2.66. The van der Waals surface area contributed by atoms with Crippen LogP contribution in [-0.2, 0) is 33.2 Å². The molecule has 19 nitrogen and oxygen atoms in total. The van der Waals surface area contributed by atoms with E-state index in [1.165, 1.54) is 116 Å². The maximum Gasteiger partial charge on any atom is 0.220 e. The molecule has 0 aromatic heterocycles. The minimum atomic E-state index is -2.00. The van der Waals surface area contributed by atoms with Gasteiger partial charge < -0.3 is 89.9 Å². The third-order valence-corrected chi connectivity index (χ3v) is 17.5. The summed E-state index contributed by atoms with van der Waals surface area (Å²) in [6.45, 7) is 1.55. The van der Waals surface area contributed by atoms with Crippen molar-refractivity contribution >= 4 is 5.91 Å². The molecule has 3 aliphatic heterocycles. The molecule has 17 atom stereocenters. The number of hydrogen-bond donors (Lipinski definition) is 12. The Morgan fingerprint density at radius 1 is 0.385 bits per heavy atom. The van der Waals surface area contributed by atoms with E-state index in [9.17, 15) is 61.0 Å². The first-order valence-corrected chi connectivity index (χ1v) is 36.8. The van der Waals surface area contributed by atoms with Gasteiger partial charge in [0.15, 0.2) is 18.9 Å². The Bertz CT molecular complexity index is 2210. The van der Waals surface area contributed by atoms with E-state index in [-0.39, 0.29) is 12.3 Å². The first-order chi connectivity index (χ1) is 46.8. The minimum absolute atomic E-state index is 0.144. The van der Waals surface area contributed by atoms with Crippen molar-refractivity contribution < 1.29 is 89.4 Å². The van der Waals surface area contributed by atoms with Crippen molar-refractivity contribution in [2.24, 2.45) is 0 Å². The molecule has 0 radical (unpaired) electrons. The predicted octanol–water partition coefficient (Wildman–Crippen LogP) is 10.8. The number of nitrogens with one attached hydrogen (secondary N) is 1. The normalized spacial score (nSPS) is 27.8. The van der Waals surface area contributed by atoms with Crippen molar-refractivity contribution in [3.63, 3.8) is 0 Å². The van der Waals surface area contributed by atoms with Crippen LogP contribution >= 0.6 is 0 Å². The summed E-state index contributed by atoms with van der Waals surface area (Å²) < 4.78 is 34.3. The number of carbonyl (C=O) groups excluding carboxylic acids is 1. The van der Waals surface area contributed by atoms with Gasteiger partial charge in [-0.3, -0.25) is 4.79 Å². The second kappa shape index (κ2) is 56.9. The summed E-state index contributed by atoms with van der Waals surface area (Å²) in [5.74, 6) is -0.351. The summed E-state index contributed by atoms with van der Waals surface area (Å²) in [6, 6.07) is -1.04. The average molecular weight is 1360 g/mol. The lowest BCUT2D eigenvalue weighted by molar-refractivity contribution is -0.379. The fourth-order valence-corrected chi connectivity index (χ4v) is 11.6. The molecule has 3 saturated heterocycles. The van der Waals surface area contributed by atoms with E-state index in [0.717, 1.165) is 70.6 Å². The van der Waals surface area contributed by atoms with E-state index < -0.39 is 131 Å². The molecule has 0 spiro atoms. The molecule has 96 heavy (non-hydrogen) atoms. The fraction of sp³-hybridized carbons (Fsp3) is 0.727. The molecule has 1 amide bonds. The molecule has 3 fully saturated rings. The van der Waals surface area contributed by atoms with Gasteiger partial charge in [-0.1, -0.05) is 245 Å². The van der Waals surface area contributed by atoms with E-state index >= 15 is 0 Å². The van der Waals surface area contributed by atoms with Crippen molar-refractivity contribution in [3.05, 3.63) is 122 Å². The Labute approximate surface area is 576 Å². The maximum absolute atomic E-state index is 13.4. The second-order valence-corrected chi connectivity index (χ2v) is 25.6. The Morgan fingerprint density at radius 3 is 1.17 bits per heavy atom. The van der Waals surface area contributed by atoms with Gasteiger partial charge in [-0.05, 0) is 96.3 Å². The topological polar surface area (TPSA) is 307 Å². The second-order valence-electron chi connectivity index (χ2n) is 25.6. The van der Waals surface area contributed by atoms with Crippen LogP contribution in [-0.4, -0.2) is 193 Å². The molecule has 0 bridgehead atoms. The molecular weight excluding hydrogens is 1230 g/mol. The monoisotopic (exact) mass is 1360 g/mol. The molecule has 0 aromatic rings. The van der Waals surface area contributed by atoms with Crippen LogP contribution in [0.1, 0.15) is 226 Å². The van der Waals surface area contributed by atoms with Crippen molar-refractivity contribution in [2.45, 2.75) is 330 Å². The number of allylic oxidation sites excluding steroid dienone is 19. The molecule has 3 rings (SSSR count). The highest BCUT2D eigenvalue weighted by molar-refractivity contribution is 5.76. The van der Waals surface area contributed by atoms with E-state index in [1.54, 1.807) is 6.08 Å². The zero-order chi connectivity index (χ0) is 69.6. The summed E-state index contributed by atoms with van der Waals surface area (Å²) in [6.07, 6.45) is 51.9. The predicted molar refractivity (Wildman–Crippen MR) is 378 cm³/mol. The number of carbonyl (C=O) groups is 1. The summed E-state index contributed by atoms with van der Waals surface area (Å²) in [5.41, 5.74) is 0. The van der Waals surface area contributed by atoms with Crippen LogP contribution in [0.3, 0.4) is 0 Å². The number of aliphatic hydroxyl groups excluding tert-OH is 11. The lowest BCUT2D eigenvalue weighted by atomic mass is 9.96. The molecule has 19 heteroatoms. The van der Waals surface area contributed by atoms with Crippen molar-refractivity contribution in [1.82, 2.24) is 5.32 Å². The smallest absolute Gasteiger partial charge is 0.220 e. The molecule has 0 saturated carbocycles. The highest BCUT2D eigenvalue weighted by Gasteiger charge is 2.53. The highest BCUT2D eigenvalue weighted by atomic mass is 16.8. The van der Waals surface area contributed by atoms with Crippen molar-refractivity contribution in [3.8, 4) is 0 Å². The van der Waals surface area contributed by atoms with Gasteiger partial charge in [-0.2, -0.15) is 0 Å². The SMILES string of the molecule is CC/C=C\C/C=C\C/C=C\C/C=C\C/C=C\C/C=C\C/C=C\CCCC(=O)NC(COC1OC(CO)C(OC2OC(CO)C(OC3OC(CO)C(O)C(O)C3O)C(O)C2O)C(O)C1O)C(O)/C=C/CC/C=C/CC/C=C/CCCCCCCCCCCCCCCCCCCC. The van der Waals surface area contributed by atoms with E-state index in [4.69, 9.17) is 28.4 Å². The van der Waals surface area contributed by atoms with Crippen molar-refractivity contribution in [2.75, 3.05) is 26.4 Å². The van der Waals surface area contributed by atoms with E-state index in [2.05, 4.69) is 122 Å².